The van der Waals surface area contributed by atoms with Crippen molar-refractivity contribution in [2.45, 2.75) is 37.8 Å². The summed E-state index contributed by atoms with van der Waals surface area (Å²) in [5, 5.41) is 27.4. The molecular weight excluding hydrogens is 501 g/mol. The Hall–Kier alpha value is -3.54. The molecule has 37 heavy (non-hydrogen) atoms. The van der Waals surface area contributed by atoms with Crippen LogP contribution in [-0.2, 0) is 9.59 Å². The van der Waals surface area contributed by atoms with E-state index >= 15 is 0 Å². The lowest BCUT2D eigenvalue weighted by Gasteiger charge is -2.38. The zero-order valence-corrected chi connectivity index (χ0v) is 20.9. The summed E-state index contributed by atoms with van der Waals surface area (Å²) in [6.45, 7) is 3.91. The van der Waals surface area contributed by atoms with Crippen LogP contribution in [0.3, 0.4) is 0 Å². The van der Waals surface area contributed by atoms with Gasteiger partial charge in [-0.1, -0.05) is 12.1 Å². The molecule has 1 aliphatic rings. The van der Waals surface area contributed by atoms with Gasteiger partial charge >= 0.3 is 11.9 Å². The molecule has 0 radical (unpaired) electrons. The first-order valence-corrected chi connectivity index (χ1v) is 12.7. The summed E-state index contributed by atoms with van der Waals surface area (Å²) in [6.07, 6.45) is 3.24. The highest BCUT2D eigenvalue weighted by Crippen LogP contribution is 2.36. The first kappa shape index (κ1) is 26.5. The van der Waals surface area contributed by atoms with Gasteiger partial charge in [0.2, 0.25) is 0 Å². The lowest BCUT2D eigenvalue weighted by atomic mass is 9.92. The van der Waals surface area contributed by atoms with E-state index in [1.54, 1.807) is 17.4 Å². The van der Waals surface area contributed by atoms with Crippen LogP contribution in [0.2, 0.25) is 0 Å². The second-order valence-corrected chi connectivity index (χ2v) is 10.0. The van der Waals surface area contributed by atoms with E-state index in [9.17, 15) is 9.50 Å². The van der Waals surface area contributed by atoms with Gasteiger partial charge in [-0.2, -0.15) is 0 Å². The van der Waals surface area contributed by atoms with Crippen molar-refractivity contribution < 1.29 is 34.0 Å². The number of likely N-dealkylation sites (tertiary alicyclic amines) is 1. The molecule has 0 aliphatic carbocycles. The summed E-state index contributed by atoms with van der Waals surface area (Å²) in [5.41, 5.74) is 1.51. The molecular formula is C26H28FN3O6S. The second kappa shape index (κ2) is 11.7. The molecule has 0 bridgehead atoms. The first-order chi connectivity index (χ1) is 17.7. The number of aromatic nitrogens is 2. The standard InChI is InChI=1S/C24H26FN3O2S.C2H2O4/c1-15-12-16(24-27-23-19(25)4-2-7-22(23)31-24)9-11-28(15)13-17(29)14-30-21-6-3-5-20-18(21)8-10-26-20;3-1(4)2(5)6/h2-8,10,15-17,26,29H,9,11-14H2,1H3;(H,3,4)(H,5,6)/t15-,16-,17+;/m1./s1. The molecule has 4 N–H and O–H groups in total. The molecule has 1 aliphatic heterocycles. The van der Waals surface area contributed by atoms with Gasteiger partial charge in [0.25, 0.3) is 0 Å². The number of hydrogen-bond donors (Lipinski definition) is 4. The summed E-state index contributed by atoms with van der Waals surface area (Å²) < 4.78 is 20.8. The van der Waals surface area contributed by atoms with Crippen molar-refractivity contribution in [1.29, 1.82) is 0 Å². The molecule has 0 spiro atoms. The molecule has 0 unspecified atom stereocenters. The monoisotopic (exact) mass is 529 g/mol. The maximum atomic E-state index is 14.0. The van der Waals surface area contributed by atoms with Gasteiger partial charge in [0, 0.05) is 35.6 Å². The van der Waals surface area contributed by atoms with Crippen LogP contribution in [0, 0.1) is 5.82 Å². The topological polar surface area (TPSA) is 136 Å². The second-order valence-electron chi connectivity index (χ2n) is 8.97. The van der Waals surface area contributed by atoms with Gasteiger partial charge in [-0.3, -0.25) is 4.90 Å². The summed E-state index contributed by atoms with van der Waals surface area (Å²) in [5.74, 6) is -2.77. The number of nitrogens with one attached hydrogen (secondary N) is 1. The maximum Gasteiger partial charge on any atom is 0.414 e. The average molecular weight is 530 g/mol. The number of H-pyrrole nitrogens is 1. The van der Waals surface area contributed by atoms with Gasteiger partial charge < -0.3 is 25.0 Å². The van der Waals surface area contributed by atoms with E-state index in [-0.39, 0.29) is 12.4 Å². The number of carboxylic acid groups (broad SMARTS) is 2. The minimum absolute atomic E-state index is 0.246. The van der Waals surface area contributed by atoms with E-state index in [2.05, 4.69) is 21.8 Å². The van der Waals surface area contributed by atoms with Crippen molar-refractivity contribution in [3.8, 4) is 5.75 Å². The van der Waals surface area contributed by atoms with Gasteiger partial charge in [0.1, 0.15) is 29.8 Å². The molecule has 2 aromatic carbocycles. The molecule has 5 rings (SSSR count). The van der Waals surface area contributed by atoms with Crippen molar-refractivity contribution in [3.63, 3.8) is 0 Å². The third kappa shape index (κ3) is 6.43. The molecule has 9 nitrogen and oxygen atoms in total. The number of β-amino-alcohol motifs (C(OH)–C–C–N with tert-alkyl or cyclic N) is 1. The number of aliphatic hydroxyl groups is 1. The normalized spacial score (nSPS) is 18.8. The van der Waals surface area contributed by atoms with Crippen LogP contribution >= 0.6 is 11.3 Å². The van der Waals surface area contributed by atoms with Gasteiger partial charge in [-0.15, -0.1) is 11.3 Å². The fourth-order valence-electron chi connectivity index (χ4n) is 4.51. The molecule has 11 heteroatoms. The summed E-state index contributed by atoms with van der Waals surface area (Å²) >= 11 is 1.60. The Kier molecular flexibility index (Phi) is 8.37. The van der Waals surface area contributed by atoms with Crippen LogP contribution in [0.25, 0.3) is 21.1 Å². The molecule has 0 amide bonds. The smallest absolute Gasteiger partial charge is 0.414 e. The highest BCUT2D eigenvalue weighted by atomic mass is 32.1. The number of carbonyl (C=O) groups is 2. The number of benzene rings is 2. The Morgan fingerprint density at radius 3 is 2.68 bits per heavy atom. The number of piperidine rings is 1. The van der Waals surface area contributed by atoms with Crippen molar-refractivity contribution in [1.82, 2.24) is 14.9 Å². The van der Waals surface area contributed by atoms with Crippen LogP contribution in [-0.4, -0.2) is 74.0 Å². The number of thiazole rings is 1. The predicted molar refractivity (Wildman–Crippen MR) is 138 cm³/mol. The fourth-order valence-corrected chi connectivity index (χ4v) is 5.64. The van der Waals surface area contributed by atoms with Crippen molar-refractivity contribution in [3.05, 3.63) is 59.5 Å². The number of aliphatic hydroxyl groups excluding tert-OH is 1. The molecule has 1 saturated heterocycles. The van der Waals surface area contributed by atoms with Crippen LogP contribution < -0.4 is 4.74 Å². The van der Waals surface area contributed by atoms with Gasteiger partial charge in [0.05, 0.1) is 9.71 Å². The number of aliphatic carboxylic acids is 2. The van der Waals surface area contributed by atoms with Crippen LogP contribution in [0.1, 0.15) is 30.7 Å². The quantitative estimate of drug-likeness (QED) is 0.274. The third-order valence-corrected chi connectivity index (χ3v) is 7.55. The van der Waals surface area contributed by atoms with E-state index in [1.165, 1.54) is 6.07 Å². The highest BCUT2D eigenvalue weighted by Gasteiger charge is 2.30. The molecule has 1 fully saturated rings. The van der Waals surface area contributed by atoms with Crippen LogP contribution in [0.4, 0.5) is 4.39 Å². The van der Waals surface area contributed by atoms with Gasteiger partial charge in [-0.05, 0) is 56.6 Å². The number of carboxylic acids is 2. The largest absolute Gasteiger partial charge is 0.490 e. The molecule has 4 aromatic rings. The zero-order valence-electron chi connectivity index (χ0n) is 20.1. The Balaban J connectivity index is 0.000000480. The minimum atomic E-state index is -1.82. The fraction of sp³-hybridized carbons (Fsp3) is 0.346. The Morgan fingerprint density at radius 2 is 1.97 bits per heavy atom. The number of ether oxygens (including phenoxy) is 1. The molecule has 196 valence electrons. The minimum Gasteiger partial charge on any atom is -0.490 e. The highest BCUT2D eigenvalue weighted by molar-refractivity contribution is 7.18. The summed E-state index contributed by atoms with van der Waals surface area (Å²) in [7, 11) is 0. The number of halogens is 1. The Bertz CT molecular complexity index is 1380. The molecule has 0 saturated carbocycles. The van der Waals surface area contributed by atoms with Crippen LogP contribution in [0.15, 0.2) is 48.7 Å². The first-order valence-electron chi connectivity index (χ1n) is 11.8. The number of para-hydroxylation sites is 1. The lowest BCUT2D eigenvalue weighted by molar-refractivity contribution is -0.159. The SMILES string of the molecule is C[C@@H]1C[C@H](c2nc3c(F)cccc3s2)CCN1C[C@H](O)COc1cccc2[nH]ccc12.O=C(O)C(=O)O. The van der Waals surface area contributed by atoms with Crippen LogP contribution in [0.5, 0.6) is 5.75 Å². The number of rotatable bonds is 6. The van der Waals surface area contributed by atoms with E-state index in [0.29, 0.717) is 24.0 Å². The lowest BCUT2D eigenvalue weighted by Crippen LogP contribution is -2.45. The van der Waals surface area contributed by atoms with E-state index < -0.39 is 18.0 Å². The molecule has 3 atom stereocenters. The molecule has 2 aromatic heterocycles. The van der Waals surface area contributed by atoms with E-state index in [1.807, 2.05) is 36.5 Å². The number of nitrogens with zero attached hydrogens (tertiary/aromatic N) is 2. The average Bonchev–Trinajstić information content (AvgIpc) is 3.52. The van der Waals surface area contributed by atoms with Gasteiger partial charge in [-0.25, -0.2) is 19.0 Å². The zero-order chi connectivity index (χ0) is 26.5. The van der Waals surface area contributed by atoms with Crippen molar-refractivity contribution in [2.75, 3.05) is 19.7 Å². The van der Waals surface area contributed by atoms with E-state index in [4.69, 9.17) is 24.5 Å². The maximum absolute atomic E-state index is 14.0. The molecule has 3 heterocycles. The van der Waals surface area contributed by atoms with Crippen molar-refractivity contribution >= 4 is 44.4 Å². The Morgan fingerprint density at radius 1 is 1.22 bits per heavy atom. The summed E-state index contributed by atoms with van der Waals surface area (Å²) in [6, 6.07) is 13.3. The summed E-state index contributed by atoms with van der Waals surface area (Å²) in [4.78, 5) is 28.3. The van der Waals surface area contributed by atoms with Crippen molar-refractivity contribution in [2.24, 2.45) is 0 Å². The third-order valence-electron chi connectivity index (χ3n) is 6.36. The van der Waals surface area contributed by atoms with Gasteiger partial charge in [0.15, 0.2) is 0 Å². The van der Waals surface area contributed by atoms with E-state index in [0.717, 1.165) is 45.7 Å². The number of aromatic amines is 1. The Labute approximate surface area is 216 Å². The predicted octanol–water partition coefficient (Wildman–Crippen LogP) is 4.08. The number of hydrogen-bond acceptors (Lipinski definition) is 7. The number of fused-ring (bicyclic) bond motifs is 2.